The fourth-order valence-electron chi connectivity index (χ4n) is 2.83. The maximum atomic E-state index is 14.0. The first-order valence-electron chi connectivity index (χ1n) is 9.35. The third-order valence-electron chi connectivity index (χ3n) is 4.15. The van der Waals surface area contributed by atoms with Gasteiger partial charge in [0.25, 0.3) is 0 Å². The van der Waals surface area contributed by atoms with E-state index in [4.69, 9.17) is 5.26 Å². The minimum atomic E-state index is -0.395. The van der Waals surface area contributed by atoms with Gasteiger partial charge in [-0.15, -0.1) is 24.0 Å². The molecule has 0 saturated carbocycles. The Labute approximate surface area is 180 Å². The van der Waals surface area contributed by atoms with Crippen LogP contribution in [0.5, 0.6) is 0 Å². The molecule has 0 unspecified atom stereocenters. The van der Waals surface area contributed by atoms with E-state index in [1.807, 2.05) is 13.0 Å². The average molecular weight is 489 g/mol. The summed E-state index contributed by atoms with van der Waals surface area (Å²) in [7, 11) is 0. The number of aliphatic imine (C=N–C) groups is 1. The summed E-state index contributed by atoms with van der Waals surface area (Å²) in [5, 5.41) is 15.3. The summed E-state index contributed by atoms with van der Waals surface area (Å²) < 4.78 is 14.0. The van der Waals surface area contributed by atoms with Gasteiger partial charge >= 0.3 is 0 Å². The van der Waals surface area contributed by atoms with Crippen molar-refractivity contribution < 1.29 is 4.39 Å². The van der Waals surface area contributed by atoms with Crippen LogP contribution in [0.1, 0.15) is 52.2 Å². The van der Waals surface area contributed by atoms with Gasteiger partial charge in [0, 0.05) is 37.3 Å². The van der Waals surface area contributed by atoms with Gasteiger partial charge in [-0.25, -0.2) is 9.38 Å². The molecule has 1 aromatic rings. The van der Waals surface area contributed by atoms with Crippen molar-refractivity contribution in [2.75, 3.05) is 19.6 Å². The molecule has 0 aromatic heterocycles. The molecule has 27 heavy (non-hydrogen) atoms. The average Bonchev–Trinajstić information content (AvgIpc) is 2.59. The van der Waals surface area contributed by atoms with Crippen molar-refractivity contribution in [3.8, 4) is 6.07 Å². The van der Waals surface area contributed by atoms with E-state index in [0.717, 1.165) is 26.1 Å². The van der Waals surface area contributed by atoms with Crippen molar-refractivity contribution in [1.29, 1.82) is 5.26 Å². The van der Waals surface area contributed by atoms with Crippen molar-refractivity contribution in [2.45, 2.75) is 59.7 Å². The Morgan fingerprint density at radius 1 is 1.22 bits per heavy atom. The first-order chi connectivity index (χ1) is 12.4. The molecule has 0 atom stereocenters. The van der Waals surface area contributed by atoms with E-state index in [0.29, 0.717) is 29.2 Å². The lowest BCUT2D eigenvalue weighted by Crippen LogP contribution is -2.41. The molecule has 0 fully saturated rings. The zero-order valence-electron chi connectivity index (χ0n) is 17.1. The summed E-state index contributed by atoms with van der Waals surface area (Å²) in [6, 6.07) is 7.46. The number of guanidine groups is 1. The number of hydrogen-bond acceptors (Lipinski definition) is 3. The lowest BCUT2D eigenvalue weighted by atomic mass is 10.1. The highest BCUT2D eigenvalue weighted by atomic mass is 127. The Bertz CT molecular complexity index is 617. The van der Waals surface area contributed by atoms with Gasteiger partial charge in [0.05, 0.1) is 18.2 Å². The van der Waals surface area contributed by atoms with Gasteiger partial charge in [0.1, 0.15) is 5.82 Å². The summed E-state index contributed by atoms with van der Waals surface area (Å²) >= 11 is 0. The molecule has 0 saturated heterocycles. The molecular formula is C20H33FIN5. The molecule has 0 heterocycles. The van der Waals surface area contributed by atoms with Gasteiger partial charge in [-0.05, 0) is 53.2 Å². The molecule has 7 heteroatoms. The molecule has 0 bridgehead atoms. The molecule has 2 N–H and O–H groups in total. The minimum Gasteiger partial charge on any atom is -0.357 e. The second-order valence-electron chi connectivity index (χ2n) is 6.82. The number of rotatable bonds is 9. The van der Waals surface area contributed by atoms with Gasteiger partial charge < -0.3 is 10.6 Å². The van der Waals surface area contributed by atoms with Crippen LogP contribution in [-0.4, -0.2) is 42.6 Å². The quantitative estimate of drug-likeness (QED) is 0.239. The molecular weight excluding hydrogens is 456 g/mol. The van der Waals surface area contributed by atoms with E-state index in [1.165, 1.54) is 6.07 Å². The largest absolute Gasteiger partial charge is 0.357 e. The lowest BCUT2D eigenvalue weighted by molar-refractivity contribution is 0.173. The van der Waals surface area contributed by atoms with Crippen molar-refractivity contribution in [3.05, 3.63) is 35.1 Å². The second kappa shape index (κ2) is 13.7. The van der Waals surface area contributed by atoms with Crippen molar-refractivity contribution in [1.82, 2.24) is 15.5 Å². The molecule has 152 valence electrons. The topological polar surface area (TPSA) is 63.5 Å². The number of nitriles is 1. The van der Waals surface area contributed by atoms with Gasteiger partial charge in [0.2, 0.25) is 0 Å². The Kier molecular flexibility index (Phi) is 13.0. The first-order valence-corrected chi connectivity index (χ1v) is 9.35. The third kappa shape index (κ3) is 9.38. The van der Waals surface area contributed by atoms with Crippen LogP contribution in [0.25, 0.3) is 0 Å². The van der Waals surface area contributed by atoms with Crippen molar-refractivity contribution in [3.63, 3.8) is 0 Å². The zero-order chi connectivity index (χ0) is 19.5. The smallest absolute Gasteiger partial charge is 0.191 e. The normalized spacial score (nSPS) is 11.5. The van der Waals surface area contributed by atoms with Gasteiger partial charge in [-0.3, -0.25) is 4.90 Å². The number of benzene rings is 1. The maximum Gasteiger partial charge on any atom is 0.191 e. The highest BCUT2D eigenvalue weighted by molar-refractivity contribution is 14.0. The molecule has 0 spiro atoms. The van der Waals surface area contributed by atoms with Crippen molar-refractivity contribution in [2.24, 2.45) is 4.99 Å². The molecule has 0 aliphatic carbocycles. The van der Waals surface area contributed by atoms with Crippen LogP contribution in [0.4, 0.5) is 4.39 Å². The molecule has 5 nitrogen and oxygen atoms in total. The second-order valence-corrected chi connectivity index (χ2v) is 6.82. The van der Waals surface area contributed by atoms with Crippen LogP contribution in [0.15, 0.2) is 23.2 Å². The number of halogens is 2. The fraction of sp³-hybridized carbons (Fsp3) is 0.600. The van der Waals surface area contributed by atoms with Crippen LogP contribution < -0.4 is 10.6 Å². The summed E-state index contributed by atoms with van der Waals surface area (Å²) in [5.74, 6) is 0.282. The molecule has 1 rings (SSSR count). The Hall–Kier alpha value is -1.40. The molecule has 0 radical (unpaired) electrons. The van der Waals surface area contributed by atoms with Crippen molar-refractivity contribution >= 4 is 29.9 Å². The van der Waals surface area contributed by atoms with E-state index >= 15 is 0 Å². The zero-order valence-corrected chi connectivity index (χ0v) is 19.4. The standard InChI is InChI=1S/C20H32FN5.HI/c1-6-23-20(24-10-7-11-26(15(2)3)16(4)5)25-14-18-9-8-17(13-22)12-19(18)21;/h8-9,12,15-16H,6-7,10-11,14H2,1-5H3,(H2,23,24,25);1H. The van der Waals surface area contributed by atoms with Gasteiger partial charge in [0.15, 0.2) is 5.96 Å². The van der Waals surface area contributed by atoms with Crippen LogP contribution in [0.2, 0.25) is 0 Å². The molecule has 0 aliphatic rings. The summed E-state index contributed by atoms with van der Waals surface area (Å²) in [5.41, 5.74) is 0.798. The summed E-state index contributed by atoms with van der Waals surface area (Å²) in [6.45, 7) is 13.7. The number of nitrogens with zero attached hydrogens (tertiary/aromatic N) is 3. The van der Waals surface area contributed by atoms with E-state index in [2.05, 4.69) is 48.2 Å². The van der Waals surface area contributed by atoms with Crippen LogP contribution in [0.3, 0.4) is 0 Å². The van der Waals surface area contributed by atoms with Gasteiger partial charge in [-0.1, -0.05) is 6.07 Å². The molecule has 0 aliphatic heterocycles. The van der Waals surface area contributed by atoms with E-state index in [-0.39, 0.29) is 30.5 Å². The van der Waals surface area contributed by atoms with E-state index in [1.54, 1.807) is 12.1 Å². The number of hydrogen-bond donors (Lipinski definition) is 2. The molecule has 0 amide bonds. The first kappa shape index (κ1) is 25.6. The molecule has 1 aromatic carbocycles. The number of nitrogens with one attached hydrogen (secondary N) is 2. The Balaban J connectivity index is 0.00000676. The van der Waals surface area contributed by atoms with E-state index in [9.17, 15) is 4.39 Å². The predicted octanol–water partition coefficient (Wildman–Crippen LogP) is 3.88. The fourth-order valence-corrected chi connectivity index (χ4v) is 2.83. The highest BCUT2D eigenvalue weighted by Gasteiger charge is 2.12. The Morgan fingerprint density at radius 2 is 1.89 bits per heavy atom. The van der Waals surface area contributed by atoms with E-state index < -0.39 is 5.82 Å². The monoisotopic (exact) mass is 489 g/mol. The highest BCUT2D eigenvalue weighted by Crippen LogP contribution is 2.11. The van der Waals surface area contributed by atoms with Gasteiger partial charge in [-0.2, -0.15) is 5.26 Å². The Morgan fingerprint density at radius 3 is 2.41 bits per heavy atom. The van der Waals surface area contributed by atoms with Crippen LogP contribution >= 0.6 is 24.0 Å². The minimum absolute atomic E-state index is 0. The summed E-state index contributed by atoms with van der Waals surface area (Å²) in [6.07, 6.45) is 1.01. The van der Waals surface area contributed by atoms with Crippen LogP contribution in [0, 0.1) is 17.1 Å². The third-order valence-corrected chi connectivity index (χ3v) is 4.15. The summed E-state index contributed by atoms with van der Waals surface area (Å²) in [4.78, 5) is 6.90. The SMILES string of the molecule is CCNC(=NCc1ccc(C#N)cc1F)NCCCN(C(C)C)C(C)C.I. The van der Waals surface area contributed by atoms with Crippen LogP contribution in [-0.2, 0) is 6.54 Å². The lowest BCUT2D eigenvalue weighted by Gasteiger charge is -2.30. The predicted molar refractivity (Wildman–Crippen MR) is 121 cm³/mol. The maximum absolute atomic E-state index is 14.0.